The van der Waals surface area contributed by atoms with Gasteiger partial charge in [0.15, 0.2) is 0 Å². The lowest BCUT2D eigenvalue weighted by molar-refractivity contribution is 0.0642. The molecule has 1 aliphatic heterocycles. The van der Waals surface area contributed by atoms with E-state index in [0.29, 0.717) is 24.2 Å². The molecule has 0 aliphatic carbocycles. The van der Waals surface area contributed by atoms with Crippen molar-refractivity contribution >= 4 is 17.7 Å². The average Bonchev–Trinajstić information content (AvgIpc) is 2.90. The van der Waals surface area contributed by atoms with Crippen molar-refractivity contribution in [1.29, 1.82) is 0 Å². The Morgan fingerprint density at radius 1 is 1.12 bits per heavy atom. The lowest BCUT2D eigenvalue weighted by Gasteiger charge is -2.17. The maximum absolute atomic E-state index is 12.7. The van der Waals surface area contributed by atoms with E-state index in [1.165, 1.54) is 11.0 Å². The number of rotatable bonds is 6. The molecule has 7 heteroatoms. The van der Waals surface area contributed by atoms with Crippen LogP contribution in [0.3, 0.4) is 0 Å². The van der Waals surface area contributed by atoms with Gasteiger partial charge in [0.25, 0.3) is 17.7 Å². The molecule has 0 radical (unpaired) electrons. The Balaban J connectivity index is 1.82. The Bertz CT molecular complexity index is 851. The predicted molar refractivity (Wildman–Crippen MR) is 95.8 cm³/mol. The summed E-state index contributed by atoms with van der Waals surface area (Å²) in [5.74, 6) is -0.908. The minimum Gasteiger partial charge on any atom is -0.340 e. The van der Waals surface area contributed by atoms with Gasteiger partial charge in [-0.15, -0.1) is 0 Å². The number of hydrogen-bond donors (Lipinski definition) is 1. The van der Waals surface area contributed by atoms with Crippen LogP contribution in [-0.2, 0) is 6.54 Å². The number of likely N-dealkylation sites (N-methyl/N-ethyl adjacent to an activating group) is 2. The van der Waals surface area contributed by atoms with Gasteiger partial charge in [-0.1, -0.05) is 0 Å². The van der Waals surface area contributed by atoms with Gasteiger partial charge in [0.1, 0.15) is 0 Å². The number of nitrogens with zero attached hydrogens (tertiary/aromatic N) is 3. The minimum atomic E-state index is -0.380. The van der Waals surface area contributed by atoms with Crippen molar-refractivity contribution in [2.24, 2.45) is 0 Å². The largest absolute Gasteiger partial charge is 0.340 e. The second kappa shape index (κ2) is 7.45. The van der Waals surface area contributed by atoms with Crippen LogP contribution in [0.4, 0.5) is 0 Å². The summed E-state index contributed by atoms with van der Waals surface area (Å²) in [5.41, 5.74) is 1.82. The van der Waals surface area contributed by atoms with Crippen LogP contribution in [0.1, 0.15) is 36.6 Å². The number of nitrogens with one attached hydrogen (secondary N) is 1. The van der Waals surface area contributed by atoms with E-state index in [-0.39, 0.29) is 29.8 Å². The molecule has 0 spiro atoms. The first kappa shape index (κ1) is 17.8. The Morgan fingerprint density at radius 2 is 1.81 bits per heavy atom. The number of aromatic nitrogens is 1. The molecule has 0 saturated heterocycles. The molecule has 2 heterocycles. The average molecular weight is 352 g/mol. The number of carbonyl (C=O) groups is 3. The van der Waals surface area contributed by atoms with E-state index in [1.54, 1.807) is 48.6 Å². The minimum absolute atomic E-state index is 0.181. The molecule has 2 aromatic rings. The van der Waals surface area contributed by atoms with Crippen LogP contribution in [0.5, 0.6) is 0 Å². The zero-order valence-electron chi connectivity index (χ0n) is 14.7. The Hall–Kier alpha value is -3.06. The molecule has 26 heavy (non-hydrogen) atoms. The van der Waals surface area contributed by atoms with Crippen molar-refractivity contribution in [2.75, 3.05) is 27.2 Å². The third kappa shape index (κ3) is 3.34. The molecule has 1 aromatic heterocycles. The summed E-state index contributed by atoms with van der Waals surface area (Å²) in [6, 6.07) is 8.18. The van der Waals surface area contributed by atoms with Gasteiger partial charge in [-0.3, -0.25) is 24.3 Å². The Kier molecular flexibility index (Phi) is 5.09. The molecular formula is C19H20N4O3. The third-order valence-corrected chi connectivity index (χ3v) is 4.35. The van der Waals surface area contributed by atoms with E-state index in [1.807, 2.05) is 7.05 Å². The second-order valence-electron chi connectivity index (χ2n) is 6.14. The first-order valence-corrected chi connectivity index (χ1v) is 8.32. The van der Waals surface area contributed by atoms with Crippen LogP contribution < -0.4 is 5.32 Å². The molecular weight excluding hydrogens is 332 g/mol. The molecule has 1 aliphatic rings. The standard InChI is InChI=1S/C19H20N4O3/c1-20-9-10-22(2)17(24)14-3-4-15-16(11-14)19(26)23(18(15)25)12-13-5-7-21-8-6-13/h3-8,11,20H,9-10,12H2,1-2H3. The van der Waals surface area contributed by atoms with Crippen LogP contribution in [-0.4, -0.2) is 59.7 Å². The third-order valence-electron chi connectivity index (χ3n) is 4.35. The topological polar surface area (TPSA) is 82.6 Å². The van der Waals surface area contributed by atoms with Gasteiger partial charge in [-0.05, 0) is 42.9 Å². The fraction of sp³-hybridized carbons (Fsp3) is 0.263. The summed E-state index contributed by atoms with van der Waals surface area (Å²) < 4.78 is 0. The smallest absolute Gasteiger partial charge is 0.261 e. The van der Waals surface area contributed by atoms with Crippen LogP contribution in [0.25, 0.3) is 0 Å². The number of carbonyl (C=O) groups excluding carboxylic acids is 3. The van der Waals surface area contributed by atoms with Crippen molar-refractivity contribution < 1.29 is 14.4 Å². The van der Waals surface area contributed by atoms with Gasteiger partial charge in [0.2, 0.25) is 0 Å². The maximum Gasteiger partial charge on any atom is 0.261 e. The summed E-state index contributed by atoms with van der Waals surface area (Å²) in [6.45, 7) is 1.40. The van der Waals surface area contributed by atoms with Gasteiger partial charge in [0, 0.05) is 38.1 Å². The highest BCUT2D eigenvalue weighted by Gasteiger charge is 2.36. The first-order chi connectivity index (χ1) is 12.5. The normalized spacial score (nSPS) is 13.1. The predicted octanol–water partition coefficient (Wildman–Crippen LogP) is 1.17. The number of pyridine rings is 1. The quantitative estimate of drug-likeness (QED) is 0.789. The number of hydrogen-bond acceptors (Lipinski definition) is 5. The van der Waals surface area contributed by atoms with Gasteiger partial charge in [0.05, 0.1) is 17.7 Å². The summed E-state index contributed by atoms with van der Waals surface area (Å²) >= 11 is 0. The summed E-state index contributed by atoms with van der Waals surface area (Å²) in [7, 11) is 3.52. The van der Waals surface area contributed by atoms with Crippen molar-refractivity contribution in [3.05, 3.63) is 65.0 Å². The Morgan fingerprint density at radius 3 is 2.50 bits per heavy atom. The maximum atomic E-state index is 12.7. The van der Waals surface area contributed by atoms with Crippen molar-refractivity contribution in [3.8, 4) is 0 Å². The zero-order chi connectivity index (χ0) is 18.7. The van der Waals surface area contributed by atoms with E-state index in [9.17, 15) is 14.4 Å². The Labute approximate surface area is 151 Å². The molecule has 0 fully saturated rings. The fourth-order valence-corrected chi connectivity index (χ4v) is 2.84. The van der Waals surface area contributed by atoms with E-state index >= 15 is 0 Å². The zero-order valence-corrected chi connectivity index (χ0v) is 14.7. The van der Waals surface area contributed by atoms with Crippen molar-refractivity contribution in [2.45, 2.75) is 6.54 Å². The second-order valence-corrected chi connectivity index (χ2v) is 6.14. The molecule has 7 nitrogen and oxygen atoms in total. The number of imide groups is 1. The summed E-state index contributed by atoms with van der Waals surface area (Å²) in [6.07, 6.45) is 3.23. The van der Waals surface area contributed by atoms with Gasteiger partial charge in [-0.2, -0.15) is 0 Å². The molecule has 0 bridgehead atoms. The molecule has 1 aromatic carbocycles. The van der Waals surface area contributed by atoms with E-state index in [0.717, 1.165) is 5.56 Å². The highest BCUT2D eigenvalue weighted by atomic mass is 16.2. The number of fused-ring (bicyclic) bond motifs is 1. The molecule has 0 unspecified atom stereocenters. The summed E-state index contributed by atoms with van der Waals surface area (Å²) in [5, 5.41) is 2.98. The van der Waals surface area contributed by atoms with Crippen LogP contribution >= 0.6 is 0 Å². The van der Waals surface area contributed by atoms with E-state index in [2.05, 4.69) is 10.3 Å². The van der Waals surface area contributed by atoms with Crippen LogP contribution in [0, 0.1) is 0 Å². The lowest BCUT2D eigenvalue weighted by atomic mass is 10.0. The van der Waals surface area contributed by atoms with Crippen LogP contribution in [0.15, 0.2) is 42.7 Å². The summed E-state index contributed by atoms with van der Waals surface area (Å²) in [4.78, 5) is 44.4. The molecule has 3 amide bonds. The van der Waals surface area contributed by atoms with Crippen LogP contribution in [0.2, 0.25) is 0 Å². The number of amides is 3. The van der Waals surface area contributed by atoms with Gasteiger partial charge >= 0.3 is 0 Å². The highest BCUT2D eigenvalue weighted by molar-refractivity contribution is 6.22. The van der Waals surface area contributed by atoms with Crippen molar-refractivity contribution in [1.82, 2.24) is 20.1 Å². The molecule has 3 rings (SSSR count). The molecule has 134 valence electrons. The fourth-order valence-electron chi connectivity index (χ4n) is 2.84. The molecule has 0 atom stereocenters. The van der Waals surface area contributed by atoms with E-state index in [4.69, 9.17) is 0 Å². The monoisotopic (exact) mass is 352 g/mol. The SMILES string of the molecule is CNCCN(C)C(=O)c1ccc2c(c1)C(=O)N(Cc1ccncc1)C2=O. The van der Waals surface area contributed by atoms with Gasteiger partial charge < -0.3 is 10.2 Å². The lowest BCUT2D eigenvalue weighted by Crippen LogP contribution is -2.32. The van der Waals surface area contributed by atoms with E-state index < -0.39 is 0 Å². The number of benzene rings is 1. The molecule has 0 saturated carbocycles. The first-order valence-electron chi connectivity index (χ1n) is 8.32. The van der Waals surface area contributed by atoms with Gasteiger partial charge in [-0.25, -0.2) is 0 Å². The highest BCUT2D eigenvalue weighted by Crippen LogP contribution is 2.26. The molecule has 1 N–H and O–H groups in total. The van der Waals surface area contributed by atoms with Crippen molar-refractivity contribution in [3.63, 3.8) is 0 Å².